The van der Waals surface area contributed by atoms with Gasteiger partial charge in [0.2, 0.25) is 0 Å². The van der Waals surface area contributed by atoms with E-state index in [9.17, 15) is 9.59 Å². The van der Waals surface area contributed by atoms with Crippen LogP contribution in [0.3, 0.4) is 0 Å². The topological polar surface area (TPSA) is 66.4 Å². The molecule has 0 aliphatic carbocycles. The number of rotatable bonds is 5. The van der Waals surface area contributed by atoms with Crippen molar-refractivity contribution in [2.45, 2.75) is 32.7 Å². The molecule has 0 bridgehead atoms. The Morgan fingerprint density at radius 1 is 1.32 bits per heavy atom. The van der Waals surface area contributed by atoms with Crippen molar-refractivity contribution in [2.24, 2.45) is 0 Å². The maximum atomic E-state index is 11.4. The Kier molecular flexibility index (Phi) is 9.73. The monoisotopic (exact) mass is 283 g/mol. The molecule has 1 rings (SSSR count). The zero-order chi connectivity index (χ0) is 14.7. The molecule has 2 unspecified atom stereocenters. The van der Waals surface area contributed by atoms with E-state index < -0.39 is 12.0 Å². The number of unbranched alkanes of at least 4 members (excludes halogenated alkanes) is 1. The minimum absolute atomic E-state index is 0.375. The summed E-state index contributed by atoms with van der Waals surface area (Å²) in [4.78, 5) is 21.8. The smallest absolute Gasteiger partial charge is 0.325 e. The van der Waals surface area contributed by atoms with E-state index in [0.29, 0.717) is 5.56 Å². The molecule has 0 saturated heterocycles. The summed E-state index contributed by atoms with van der Waals surface area (Å²) in [6.07, 6.45) is 3.94. The molecule has 0 aliphatic heterocycles. The van der Waals surface area contributed by atoms with Gasteiger partial charge >= 0.3 is 5.97 Å². The fourth-order valence-corrected chi connectivity index (χ4v) is 1.54. The van der Waals surface area contributed by atoms with Gasteiger partial charge in [-0.15, -0.1) is 9.24 Å². The van der Waals surface area contributed by atoms with Crippen LogP contribution < -0.4 is 5.32 Å². The molecule has 0 radical (unpaired) electrons. The lowest BCUT2D eigenvalue weighted by Crippen LogP contribution is -2.38. The van der Waals surface area contributed by atoms with Gasteiger partial charge in [-0.3, -0.25) is 9.59 Å². The summed E-state index contributed by atoms with van der Waals surface area (Å²) in [6, 6.07) is 7.62. The number of carboxylic acids is 1. The largest absolute Gasteiger partial charge is 0.480 e. The highest BCUT2D eigenvalue weighted by molar-refractivity contribution is 7.16. The van der Waals surface area contributed by atoms with Crippen LogP contribution in [0.4, 0.5) is 0 Å². The lowest BCUT2D eigenvalue weighted by atomic mass is 10.2. The molecule has 0 saturated carbocycles. The molecular weight excluding hydrogens is 261 g/mol. The van der Waals surface area contributed by atoms with Gasteiger partial charge in [0.25, 0.3) is 5.91 Å². The first-order valence-corrected chi connectivity index (χ1v) is 7.13. The lowest BCUT2D eigenvalue weighted by Gasteiger charge is -2.08. The molecule has 0 fully saturated rings. The van der Waals surface area contributed by atoms with Gasteiger partial charge in [0.05, 0.1) is 0 Å². The van der Waals surface area contributed by atoms with Gasteiger partial charge in [0.15, 0.2) is 0 Å². The van der Waals surface area contributed by atoms with Crippen molar-refractivity contribution in [1.29, 1.82) is 0 Å². The second-order valence-electron chi connectivity index (χ2n) is 4.04. The van der Waals surface area contributed by atoms with E-state index in [-0.39, 0.29) is 5.91 Å². The molecule has 4 nitrogen and oxygen atoms in total. The summed E-state index contributed by atoms with van der Waals surface area (Å²) < 4.78 is 0. The van der Waals surface area contributed by atoms with Crippen molar-refractivity contribution in [3.63, 3.8) is 0 Å². The zero-order valence-corrected chi connectivity index (χ0v) is 12.6. The van der Waals surface area contributed by atoms with Crippen LogP contribution in [-0.4, -0.2) is 29.2 Å². The lowest BCUT2D eigenvalue weighted by molar-refractivity contribution is -0.138. The van der Waals surface area contributed by atoms with Crippen molar-refractivity contribution >= 4 is 21.1 Å². The van der Waals surface area contributed by atoms with Crippen LogP contribution in [0.15, 0.2) is 30.3 Å². The standard InChI is InChI=1S/C10H11NO3.C4H11P/c1-7(10(13)14)11-9(12)8-5-3-2-4-6-8;1-2-3-4-5/h2-7H,1H3,(H,11,12)(H,13,14);2-5H2,1H3. The molecule has 5 heteroatoms. The van der Waals surface area contributed by atoms with Gasteiger partial charge in [-0.2, -0.15) is 0 Å². The van der Waals surface area contributed by atoms with Crippen LogP contribution in [0.25, 0.3) is 0 Å². The van der Waals surface area contributed by atoms with Crippen LogP contribution in [0, 0.1) is 0 Å². The zero-order valence-electron chi connectivity index (χ0n) is 11.4. The van der Waals surface area contributed by atoms with Crippen molar-refractivity contribution in [3.8, 4) is 0 Å². The third kappa shape index (κ3) is 8.33. The van der Waals surface area contributed by atoms with E-state index in [0.717, 1.165) is 0 Å². The van der Waals surface area contributed by atoms with E-state index in [4.69, 9.17) is 5.11 Å². The number of carboxylic acid groups (broad SMARTS) is 1. The molecule has 1 amide bonds. The molecular formula is C14H22NO3P. The number of nitrogens with one attached hydrogen (secondary N) is 1. The molecule has 106 valence electrons. The average Bonchev–Trinajstić information content (AvgIpc) is 2.41. The van der Waals surface area contributed by atoms with Gasteiger partial charge in [0, 0.05) is 5.56 Å². The summed E-state index contributed by atoms with van der Waals surface area (Å²) in [5.74, 6) is -1.42. The molecule has 1 aromatic carbocycles. The van der Waals surface area contributed by atoms with Gasteiger partial charge in [-0.05, 0) is 25.2 Å². The quantitative estimate of drug-likeness (QED) is 0.816. The highest BCUT2D eigenvalue weighted by Crippen LogP contribution is 1.98. The van der Waals surface area contributed by atoms with Gasteiger partial charge in [-0.25, -0.2) is 0 Å². The first-order chi connectivity index (χ1) is 9.02. The fraction of sp³-hybridized carbons (Fsp3) is 0.429. The Labute approximate surface area is 116 Å². The number of hydrogen-bond acceptors (Lipinski definition) is 2. The van der Waals surface area contributed by atoms with E-state index in [1.165, 1.54) is 25.9 Å². The first kappa shape index (κ1) is 17.6. The van der Waals surface area contributed by atoms with E-state index in [1.807, 2.05) is 0 Å². The summed E-state index contributed by atoms with van der Waals surface area (Å²) >= 11 is 0. The summed E-state index contributed by atoms with van der Waals surface area (Å²) in [5, 5.41) is 10.9. The maximum absolute atomic E-state index is 11.4. The van der Waals surface area contributed by atoms with Crippen molar-refractivity contribution < 1.29 is 14.7 Å². The minimum atomic E-state index is -1.05. The molecule has 0 aliphatic rings. The Morgan fingerprint density at radius 3 is 2.26 bits per heavy atom. The van der Waals surface area contributed by atoms with Crippen molar-refractivity contribution in [1.82, 2.24) is 5.32 Å². The predicted octanol–water partition coefficient (Wildman–Crippen LogP) is 2.55. The number of carbonyl (C=O) groups is 2. The highest BCUT2D eigenvalue weighted by atomic mass is 31.0. The molecule has 2 N–H and O–H groups in total. The van der Waals surface area contributed by atoms with Crippen molar-refractivity contribution in [3.05, 3.63) is 35.9 Å². The second kappa shape index (κ2) is 10.5. The van der Waals surface area contributed by atoms with Crippen LogP contribution in [-0.2, 0) is 4.79 Å². The second-order valence-corrected chi connectivity index (χ2v) is 4.62. The summed E-state index contributed by atoms with van der Waals surface area (Å²) in [7, 11) is 2.70. The fourth-order valence-electron chi connectivity index (χ4n) is 1.14. The first-order valence-electron chi connectivity index (χ1n) is 6.31. The normalized spacial score (nSPS) is 10.9. The van der Waals surface area contributed by atoms with Crippen molar-refractivity contribution in [2.75, 3.05) is 6.16 Å². The maximum Gasteiger partial charge on any atom is 0.325 e. The van der Waals surface area contributed by atoms with E-state index in [1.54, 1.807) is 30.3 Å². The van der Waals surface area contributed by atoms with Crippen LogP contribution >= 0.6 is 9.24 Å². The minimum Gasteiger partial charge on any atom is -0.480 e. The number of aliphatic carboxylic acids is 1. The number of benzene rings is 1. The molecule has 0 heterocycles. The highest BCUT2D eigenvalue weighted by Gasteiger charge is 2.14. The Balaban J connectivity index is 0.000000555. The van der Waals surface area contributed by atoms with Crippen LogP contribution in [0.2, 0.25) is 0 Å². The van der Waals surface area contributed by atoms with Crippen LogP contribution in [0.5, 0.6) is 0 Å². The molecule has 1 aromatic rings. The Bertz CT molecular complexity index is 380. The third-order valence-electron chi connectivity index (χ3n) is 2.31. The average molecular weight is 283 g/mol. The Morgan fingerprint density at radius 2 is 1.89 bits per heavy atom. The predicted molar refractivity (Wildman–Crippen MR) is 80.5 cm³/mol. The van der Waals surface area contributed by atoms with Gasteiger partial charge in [-0.1, -0.05) is 38.0 Å². The van der Waals surface area contributed by atoms with Gasteiger partial charge in [0.1, 0.15) is 6.04 Å². The summed E-state index contributed by atoms with van der Waals surface area (Å²) in [5.41, 5.74) is 0.459. The summed E-state index contributed by atoms with van der Waals surface area (Å²) in [6.45, 7) is 3.62. The van der Waals surface area contributed by atoms with E-state index >= 15 is 0 Å². The SMILES string of the molecule is CC(NC(=O)c1ccccc1)C(=O)O.CCCCP. The Hall–Kier alpha value is -1.41. The molecule has 0 aromatic heterocycles. The van der Waals surface area contributed by atoms with E-state index in [2.05, 4.69) is 21.5 Å². The van der Waals surface area contributed by atoms with Crippen LogP contribution in [0.1, 0.15) is 37.0 Å². The number of hydrogen-bond donors (Lipinski definition) is 2. The molecule has 2 atom stereocenters. The number of amides is 1. The third-order valence-corrected chi connectivity index (χ3v) is 2.72. The molecule has 19 heavy (non-hydrogen) atoms. The number of carbonyl (C=O) groups excluding carboxylic acids is 1. The van der Waals surface area contributed by atoms with Gasteiger partial charge < -0.3 is 10.4 Å². The molecule has 0 spiro atoms.